The van der Waals surface area contributed by atoms with Gasteiger partial charge in [0.2, 0.25) is 5.37 Å². The Morgan fingerprint density at radius 1 is 1.15 bits per heavy atom. The molecule has 0 bridgehead atoms. The van der Waals surface area contributed by atoms with Crippen LogP contribution in [0.5, 0.6) is 5.75 Å². The number of nitrogens with one attached hydrogen (secondary N) is 1. The van der Waals surface area contributed by atoms with Gasteiger partial charge in [0.15, 0.2) is 29.9 Å². The molecule has 3 atom stereocenters. The van der Waals surface area contributed by atoms with Crippen LogP contribution in [0, 0.1) is 10.1 Å². The highest BCUT2D eigenvalue weighted by Gasteiger charge is 2.61. The quantitative estimate of drug-likeness (QED) is 0.136. The maximum Gasteiger partial charge on any atom is 0.359 e. The number of nitro groups is 1. The first kappa shape index (κ1) is 28.9. The van der Waals surface area contributed by atoms with E-state index in [-0.39, 0.29) is 18.9 Å². The number of nitro benzene ring substituents is 1. The molecule has 206 valence electrons. The summed E-state index contributed by atoms with van der Waals surface area (Å²) in [6.45, 7) is 0.429. The van der Waals surface area contributed by atoms with Gasteiger partial charge < -0.3 is 29.6 Å². The number of β-lactam (4-membered cyclic amide) rings is 1. The Hall–Kier alpha value is -4.63. The van der Waals surface area contributed by atoms with Crippen LogP contribution in [0.3, 0.4) is 0 Å². The molecule has 2 aromatic carbocycles. The Morgan fingerprint density at radius 3 is 2.36 bits per heavy atom. The number of carbonyl (C=O) groups excluding carboxylic acids is 3. The SMILES string of the molecule is CC(=O)O.O=C(COc1ccccc1)NC1C(=O)N2C(C(=O)OCc3ccc([N+](=O)[O-])cc3)=C(O)C[S+]([O-])[C@@H]12. The summed E-state index contributed by atoms with van der Waals surface area (Å²) in [5.41, 5.74) is -0.141. The van der Waals surface area contributed by atoms with Crippen molar-refractivity contribution in [1.29, 1.82) is 0 Å². The molecule has 3 N–H and O–H groups in total. The van der Waals surface area contributed by atoms with Gasteiger partial charge in [0, 0.05) is 19.1 Å². The monoisotopic (exact) mass is 561 g/mol. The number of para-hydroxylation sites is 1. The summed E-state index contributed by atoms with van der Waals surface area (Å²) in [7, 11) is 0. The van der Waals surface area contributed by atoms with Crippen LogP contribution in [0.2, 0.25) is 0 Å². The molecule has 2 aliphatic heterocycles. The Morgan fingerprint density at radius 2 is 1.77 bits per heavy atom. The van der Waals surface area contributed by atoms with Gasteiger partial charge in [-0.2, -0.15) is 0 Å². The van der Waals surface area contributed by atoms with E-state index in [0.717, 1.165) is 11.8 Å². The maximum atomic E-state index is 12.7. The number of carbonyl (C=O) groups is 4. The average molecular weight is 562 g/mol. The van der Waals surface area contributed by atoms with Crippen molar-refractivity contribution in [3.63, 3.8) is 0 Å². The lowest BCUT2D eigenvalue weighted by atomic mass is 10.0. The number of esters is 1. The molecule has 0 radical (unpaired) electrons. The second kappa shape index (κ2) is 12.7. The van der Waals surface area contributed by atoms with E-state index >= 15 is 0 Å². The lowest BCUT2D eigenvalue weighted by molar-refractivity contribution is -0.384. The number of amides is 2. The lowest BCUT2D eigenvalue weighted by Crippen LogP contribution is -2.75. The maximum absolute atomic E-state index is 12.7. The Kier molecular flexibility index (Phi) is 9.46. The largest absolute Gasteiger partial charge is 0.614 e. The fraction of sp³-hybridized carbons (Fsp3) is 0.250. The van der Waals surface area contributed by atoms with Crippen molar-refractivity contribution in [2.75, 3.05) is 12.4 Å². The minimum Gasteiger partial charge on any atom is -0.614 e. The van der Waals surface area contributed by atoms with Gasteiger partial charge in [-0.15, -0.1) is 0 Å². The van der Waals surface area contributed by atoms with Gasteiger partial charge in [-0.1, -0.05) is 18.2 Å². The molecule has 0 aromatic heterocycles. The van der Waals surface area contributed by atoms with Crippen molar-refractivity contribution in [1.82, 2.24) is 10.2 Å². The van der Waals surface area contributed by atoms with E-state index in [1.165, 1.54) is 24.3 Å². The standard InChI is InChI=1S/C22H19N3O9S.C2H4O2/c26-16-12-35(32)21-18(23-17(27)11-33-15-4-2-1-3-5-15)20(28)24(21)19(16)22(29)34-10-13-6-8-14(9-7-13)25(30)31;1-2(3)4/h1-9,18,21,26H,10-12H2,(H,23,27);1H3,(H,3,4)/t18?,21-,35?;/m0./s1. The van der Waals surface area contributed by atoms with Gasteiger partial charge >= 0.3 is 5.97 Å². The molecule has 2 aliphatic rings. The van der Waals surface area contributed by atoms with E-state index in [4.69, 9.17) is 19.4 Å². The molecule has 2 amide bonds. The second-order valence-corrected chi connectivity index (χ2v) is 9.62. The summed E-state index contributed by atoms with van der Waals surface area (Å²) >= 11 is -1.78. The third-order valence-corrected chi connectivity index (χ3v) is 6.83. The number of rotatable bonds is 8. The highest BCUT2D eigenvalue weighted by molar-refractivity contribution is 7.92. The summed E-state index contributed by atoms with van der Waals surface area (Å²) < 4.78 is 23.0. The Bertz CT molecular complexity index is 1280. The number of benzene rings is 2. The lowest BCUT2D eigenvalue weighted by Gasteiger charge is -2.48. The fourth-order valence-electron chi connectivity index (χ4n) is 3.56. The van der Waals surface area contributed by atoms with Gasteiger partial charge in [0.05, 0.1) is 4.92 Å². The van der Waals surface area contributed by atoms with Crippen LogP contribution in [0.4, 0.5) is 5.69 Å². The topological polar surface area (TPSA) is 209 Å². The minimum atomic E-state index is -1.78. The molecular formula is C24H23N3O11S. The van der Waals surface area contributed by atoms with E-state index in [9.17, 15) is 34.2 Å². The molecule has 1 fully saturated rings. The summed E-state index contributed by atoms with van der Waals surface area (Å²) in [4.78, 5) is 57.6. The van der Waals surface area contributed by atoms with Gasteiger partial charge in [-0.3, -0.25) is 29.4 Å². The summed E-state index contributed by atoms with van der Waals surface area (Å²) in [6.07, 6.45) is 0. The zero-order chi connectivity index (χ0) is 28.7. The fourth-order valence-corrected chi connectivity index (χ4v) is 5.07. The van der Waals surface area contributed by atoms with Crippen LogP contribution in [0.1, 0.15) is 12.5 Å². The molecule has 0 aliphatic carbocycles. The molecule has 2 unspecified atom stereocenters. The highest BCUT2D eigenvalue weighted by Crippen LogP contribution is 2.36. The molecule has 15 heteroatoms. The molecule has 14 nitrogen and oxygen atoms in total. The summed E-state index contributed by atoms with van der Waals surface area (Å²) in [6, 6.07) is 12.7. The van der Waals surface area contributed by atoms with Crippen molar-refractivity contribution >= 4 is 40.6 Å². The number of carboxylic acids is 1. The van der Waals surface area contributed by atoms with Gasteiger partial charge in [0.25, 0.3) is 23.5 Å². The van der Waals surface area contributed by atoms with Crippen LogP contribution < -0.4 is 10.1 Å². The molecule has 39 heavy (non-hydrogen) atoms. The van der Waals surface area contributed by atoms with Gasteiger partial charge in [-0.25, -0.2) is 4.79 Å². The van der Waals surface area contributed by atoms with Crippen molar-refractivity contribution in [2.24, 2.45) is 0 Å². The Labute approximate surface area is 224 Å². The number of non-ortho nitro benzene ring substituents is 1. The van der Waals surface area contributed by atoms with E-state index in [1.807, 2.05) is 0 Å². The molecule has 4 rings (SSSR count). The number of hydrogen-bond donors (Lipinski definition) is 3. The van der Waals surface area contributed by atoms with Gasteiger partial charge in [-0.05, 0) is 41.0 Å². The van der Waals surface area contributed by atoms with Crippen LogP contribution in [0.25, 0.3) is 0 Å². The van der Waals surface area contributed by atoms with E-state index in [2.05, 4.69) is 5.32 Å². The molecular weight excluding hydrogens is 538 g/mol. The third-order valence-electron chi connectivity index (χ3n) is 5.25. The first-order valence-electron chi connectivity index (χ1n) is 11.2. The number of ether oxygens (including phenoxy) is 2. The first-order valence-corrected chi connectivity index (χ1v) is 12.6. The van der Waals surface area contributed by atoms with Crippen molar-refractivity contribution in [2.45, 2.75) is 24.9 Å². The Balaban J connectivity index is 0.000000983. The predicted octanol–water partition coefficient (Wildman–Crippen LogP) is 0.993. The van der Waals surface area contributed by atoms with Crippen molar-refractivity contribution < 1.29 is 48.3 Å². The number of hydrogen-bond acceptors (Lipinski definition) is 10. The minimum absolute atomic E-state index is 0.133. The third kappa shape index (κ3) is 7.24. The first-order chi connectivity index (χ1) is 18.5. The van der Waals surface area contributed by atoms with E-state index in [0.29, 0.717) is 11.3 Å². The number of nitrogens with zero attached hydrogens (tertiary/aromatic N) is 2. The molecule has 1 saturated heterocycles. The van der Waals surface area contributed by atoms with E-state index in [1.54, 1.807) is 30.3 Å². The van der Waals surface area contributed by atoms with Crippen LogP contribution in [-0.2, 0) is 41.7 Å². The summed E-state index contributed by atoms with van der Waals surface area (Å²) in [5.74, 6) is -3.73. The normalized spacial score (nSPS) is 19.5. The smallest absolute Gasteiger partial charge is 0.359 e. The van der Waals surface area contributed by atoms with E-state index < -0.39 is 68.5 Å². The van der Waals surface area contributed by atoms with Crippen molar-refractivity contribution in [3.05, 3.63) is 81.7 Å². The molecule has 2 aromatic rings. The molecule has 0 saturated carbocycles. The second-order valence-electron chi connectivity index (χ2n) is 8.08. The van der Waals surface area contributed by atoms with Crippen LogP contribution in [0.15, 0.2) is 66.1 Å². The number of carboxylic acid groups (broad SMARTS) is 1. The number of aliphatic hydroxyl groups is 1. The molecule has 2 heterocycles. The average Bonchev–Trinajstić information content (AvgIpc) is 2.89. The number of fused-ring (bicyclic) bond motifs is 1. The summed E-state index contributed by atoms with van der Waals surface area (Å²) in [5, 5.41) is 29.8. The number of aliphatic hydroxyl groups excluding tert-OH is 1. The zero-order valence-electron chi connectivity index (χ0n) is 20.3. The van der Waals surface area contributed by atoms with Crippen LogP contribution >= 0.6 is 0 Å². The predicted molar refractivity (Wildman–Crippen MR) is 133 cm³/mol. The van der Waals surface area contributed by atoms with Crippen molar-refractivity contribution in [3.8, 4) is 5.75 Å². The molecule has 0 spiro atoms. The zero-order valence-corrected chi connectivity index (χ0v) is 21.2. The van der Waals surface area contributed by atoms with Gasteiger partial charge in [0.1, 0.15) is 12.4 Å². The highest BCUT2D eigenvalue weighted by atomic mass is 32.2. The van der Waals surface area contributed by atoms with Crippen LogP contribution in [-0.4, -0.2) is 72.1 Å². The number of aliphatic carboxylic acids is 1.